The van der Waals surface area contributed by atoms with Crippen molar-refractivity contribution >= 4 is 17.5 Å². The highest BCUT2D eigenvalue weighted by molar-refractivity contribution is 6.33. The molecule has 0 saturated carbocycles. The van der Waals surface area contributed by atoms with Gasteiger partial charge in [0, 0.05) is 13.7 Å². The maximum atomic E-state index is 12.1. The van der Waals surface area contributed by atoms with E-state index in [4.69, 9.17) is 21.2 Å². The molecule has 2 aromatic carbocycles. The molecular formula is C17H18ClNO4. The molecule has 122 valence electrons. The Bertz CT molecular complexity index is 661. The minimum Gasteiger partial charge on any atom is -0.506 e. The highest BCUT2D eigenvalue weighted by Gasteiger charge is 2.16. The van der Waals surface area contributed by atoms with Crippen molar-refractivity contribution in [1.82, 2.24) is 5.48 Å². The van der Waals surface area contributed by atoms with Gasteiger partial charge in [0.2, 0.25) is 0 Å². The molecule has 5 nitrogen and oxygen atoms in total. The molecule has 6 heteroatoms. The van der Waals surface area contributed by atoms with Gasteiger partial charge >= 0.3 is 0 Å². The van der Waals surface area contributed by atoms with Gasteiger partial charge in [0.05, 0.1) is 17.2 Å². The number of halogens is 1. The molecule has 0 aliphatic heterocycles. The number of aromatic hydroxyl groups is 1. The Hall–Kier alpha value is -2.08. The fourth-order valence-electron chi connectivity index (χ4n) is 2.02. The van der Waals surface area contributed by atoms with E-state index in [1.807, 2.05) is 30.3 Å². The summed E-state index contributed by atoms with van der Waals surface area (Å²) in [7, 11) is 1.59. The maximum Gasteiger partial charge on any atom is 0.278 e. The van der Waals surface area contributed by atoms with Crippen LogP contribution in [0.5, 0.6) is 5.75 Å². The molecule has 23 heavy (non-hydrogen) atoms. The predicted molar refractivity (Wildman–Crippen MR) is 88.5 cm³/mol. The van der Waals surface area contributed by atoms with E-state index in [1.54, 1.807) is 19.2 Å². The smallest absolute Gasteiger partial charge is 0.278 e. The molecule has 0 fully saturated rings. The lowest BCUT2D eigenvalue weighted by Crippen LogP contribution is -2.24. The molecule has 0 aromatic heterocycles. The summed E-state index contributed by atoms with van der Waals surface area (Å²) in [6.07, 6.45) is 0.646. The van der Waals surface area contributed by atoms with E-state index in [0.717, 1.165) is 11.1 Å². The van der Waals surface area contributed by atoms with Crippen LogP contribution in [0.25, 0.3) is 11.1 Å². The van der Waals surface area contributed by atoms with Gasteiger partial charge in [0.1, 0.15) is 5.75 Å². The molecule has 0 saturated heterocycles. The van der Waals surface area contributed by atoms with E-state index < -0.39 is 5.91 Å². The van der Waals surface area contributed by atoms with Crippen molar-refractivity contribution in [3.63, 3.8) is 0 Å². The SMILES string of the molecule is COCCCONC(=O)c1cc(-c2ccccc2)cc(Cl)c1O. The first-order chi connectivity index (χ1) is 11.1. The standard InChI is InChI=1S/C17H18ClNO4/c1-22-8-5-9-23-19-17(21)14-10-13(11-15(18)16(14)20)12-6-3-2-4-7-12/h2-4,6-7,10-11,20H,5,8-9H2,1H3,(H,19,21). The predicted octanol–water partition coefficient (Wildman–Crippen LogP) is 3.41. The van der Waals surface area contributed by atoms with Gasteiger partial charge in [-0.15, -0.1) is 0 Å². The van der Waals surface area contributed by atoms with Crippen LogP contribution in [0.15, 0.2) is 42.5 Å². The Kier molecular flexibility index (Phi) is 6.40. The van der Waals surface area contributed by atoms with E-state index in [-0.39, 0.29) is 16.3 Å². The van der Waals surface area contributed by atoms with E-state index >= 15 is 0 Å². The summed E-state index contributed by atoms with van der Waals surface area (Å²) in [6, 6.07) is 12.6. The number of hydrogen-bond acceptors (Lipinski definition) is 4. The zero-order chi connectivity index (χ0) is 16.7. The molecule has 0 aliphatic rings. The van der Waals surface area contributed by atoms with Gasteiger partial charge in [-0.3, -0.25) is 9.63 Å². The lowest BCUT2D eigenvalue weighted by molar-refractivity contribution is 0.0236. The van der Waals surface area contributed by atoms with Crippen molar-refractivity contribution in [3.8, 4) is 16.9 Å². The Labute approximate surface area is 139 Å². The second-order valence-electron chi connectivity index (χ2n) is 4.85. The maximum absolute atomic E-state index is 12.1. The molecule has 0 spiro atoms. The van der Waals surface area contributed by atoms with Crippen LogP contribution < -0.4 is 5.48 Å². The zero-order valence-electron chi connectivity index (χ0n) is 12.7. The van der Waals surface area contributed by atoms with Gasteiger partial charge in [0.15, 0.2) is 0 Å². The summed E-state index contributed by atoms with van der Waals surface area (Å²) in [5.41, 5.74) is 3.98. The van der Waals surface area contributed by atoms with Crippen LogP contribution in [-0.4, -0.2) is 31.3 Å². The van der Waals surface area contributed by atoms with Crippen LogP contribution >= 0.6 is 11.6 Å². The quantitative estimate of drug-likeness (QED) is 0.601. The number of rotatable bonds is 7. The Morgan fingerprint density at radius 1 is 1.17 bits per heavy atom. The molecule has 2 aromatic rings. The summed E-state index contributed by atoms with van der Waals surface area (Å²) < 4.78 is 4.88. The minimum atomic E-state index is -0.556. The first-order valence-corrected chi connectivity index (χ1v) is 7.50. The van der Waals surface area contributed by atoms with Crippen molar-refractivity contribution in [2.45, 2.75) is 6.42 Å². The van der Waals surface area contributed by atoms with Gasteiger partial charge in [-0.25, -0.2) is 5.48 Å². The normalized spacial score (nSPS) is 10.5. The number of phenols is 1. The summed E-state index contributed by atoms with van der Waals surface area (Å²) in [5.74, 6) is -0.830. The number of amides is 1. The van der Waals surface area contributed by atoms with Gasteiger partial charge in [-0.05, 0) is 29.7 Å². The third-order valence-corrected chi connectivity index (χ3v) is 3.46. The summed E-state index contributed by atoms with van der Waals surface area (Å²) in [4.78, 5) is 17.2. The average molecular weight is 336 g/mol. The number of carbonyl (C=O) groups excluding carboxylic acids is 1. The third kappa shape index (κ3) is 4.69. The van der Waals surface area contributed by atoms with Gasteiger partial charge in [-0.2, -0.15) is 0 Å². The van der Waals surface area contributed by atoms with E-state index in [2.05, 4.69) is 5.48 Å². The number of benzene rings is 2. The van der Waals surface area contributed by atoms with Crippen molar-refractivity contribution < 1.29 is 19.5 Å². The van der Waals surface area contributed by atoms with Crippen LogP contribution in [0.2, 0.25) is 5.02 Å². The van der Waals surface area contributed by atoms with Crippen molar-refractivity contribution in [3.05, 3.63) is 53.1 Å². The third-order valence-electron chi connectivity index (χ3n) is 3.17. The van der Waals surface area contributed by atoms with E-state index in [0.29, 0.717) is 19.6 Å². The van der Waals surface area contributed by atoms with Gasteiger partial charge in [-0.1, -0.05) is 41.9 Å². The minimum absolute atomic E-state index is 0.0584. The summed E-state index contributed by atoms with van der Waals surface area (Å²) >= 11 is 6.03. The Balaban J connectivity index is 2.14. The number of methoxy groups -OCH3 is 1. The fourth-order valence-corrected chi connectivity index (χ4v) is 2.24. The number of nitrogens with one attached hydrogen (secondary N) is 1. The van der Waals surface area contributed by atoms with Crippen molar-refractivity contribution in [2.75, 3.05) is 20.3 Å². The second kappa shape index (κ2) is 8.53. The second-order valence-corrected chi connectivity index (χ2v) is 5.25. The number of hydroxylamine groups is 1. The van der Waals surface area contributed by atoms with E-state index in [9.17, 15) is 9.90 Å². The van der Waals surface area contributed by atoms with Crippen LogP contribution in [-0.2, 0) is 9.57 Å². The first kappa shape index (κ1) is 17.3. The molecule has 2 rings (SSSR count). The molecule has 0 unspecified atom stereocenters. The molecule has 0 radical (unpaired) electrons. The first-order valence-electron chi connectivity index (χ1n) is 7.12. The highest BCUT2D eigenvalue weighted by atomic mass is 35.5. The summed E-state index contributed by atoms with van der Waals surface area (Å²) in [5, 5.41) is 10.1. The molecule has 0 aliphatic carbocycles. The largest absolute Gasteiger partial charge is 0.506 e. The number of phenolic OH excluding ortho intramolecular Hbond substituents is 1. The highest BCUT2D eigenvalue weighted by Crippen LogP contribution is 2.33. The van der Waals surface area contributed by atoms with Crippen LogP contribution in [0.3, 0.4) is 0 Å². The van der Waals surface area contributed by atoms with Crippen LogP contribution in [0, 0.1) is 0 Å². The average Bonchev–Trinajstić information content (AvgIpc) is 2.57. The Morgan fingerprint density at radius 2 is 1.91 bits per heavy atom. The monoisotopic (exact) mass is 335 g/mol. The molecule has 0 bridgehead atoms. The molecule has 0 heterocycles. The van der Waals surface area contributed by atoms with Crippen LogP contribution in [0.1, 0.15) is 16.8 Å². The topological polar surface area (TPSA) is 67.8 Å². The summed E-state index contributed by atoms with van der Waals surface area (Å²) in [6.45, 7) is 0.850. The Morgan fingerprint density at radius 3 is 2.61 bits per heavy atom. The lowest BCUT2D eigenvalue weighted by Gasteiger charge is -2.11. The molecule has 0 atom stereocenters. The fraction of sp³-hybridized carbons (Fsp3) is 0.235. The van der Waals surface area contributed by atoms with Crippen molar-refractivity contribution in [1.29, 1.82) is 0 Å². The van der Waals surface area contributed by atoms with Gasteiger partial charge in [0.25, 0.3) is 5.91 Å². The molecule has 1 amide bonds. The van der Waals surface area contributed by atoms with Gasteiger partial charge < -0.3 is 9.84 Å². The number of carbonyl (C=O) groups is 1. The van der Waals surface area contributed by atoms with Crippen molar-refractivity contribution in [2.24, 2.45) is 0 Å². The zero-order valence-corrected chi connectivity index (χ0v) is 13.5. The molecule has 2 N–H and O–H groups in total. The number of hydrogen-bond donors (Lipinski definition) is 2. The molecular weight excluding hydrogens is 318 g/mol. The van der Waals surface area contributed by atoms with Crippen LogP contribution in [0.4, 0.5) is 0 Å². The van der Waals surface area contributed by atoms with E-state index in [1.165, 1.54) is 0 Å². The lowest BCUT2D eigenvalue weighted by atomic mass is 10.0. The number of ether oxygens (including phenoxy) is 1.